The second kappa shape index (κ2) is 10.4. The van der Waals surface area contributed by atoms with Crippen LogP contribution in [0.15, 0.2) is 42.5 Å². The van der Waals surface area contributed by atoms with E-state index < -0.39 is 0 Å². The van der Waals surface area contributed by atoms with E-state index in [2.05, 4.69) is 23.7 Å². The normalized spacial score (nSPS) is 10.9. The van der Waals surface area contributed by atoms with E-state index in [0.717, 1.165) is 29.9 Å². The maximum atomic E-state index is 13.3. The molecule has 0 N–H and O–H groups in total. The lowest BCUT2D eigenvalue weighted by Crippen LogP contribution is -2.39. The number of amides is 1. The highest BCUT2D eigenvalue weighted by Crippen LogP contribution is 2.31. The number of thiazole rings is 1. The molecular formula is C20H22Cl3N3OS. The minimum atomic E-state index is -0.186. The number of fused-ring (bicyclic) bond motifs is 1. The SMILES string of the molecule is CCN(CC)CCN(C(=O)c1cc(Cl)ccc1Cl)c1nc2ccccc2s1.Cl. The predicted molar refractivity (Wildman–Crippen MR) is 123 cm³/mol. The molecule has 0 spiro atoms. The molecule has 0 unspecified atom stereocenters. The zero-order valence-corrected chi connectivity index (χ0v) is 18.8. The van der Waals surface area contributed by atoms with Crippen molar-refractivity contribution in [3.63, 3.8) is 0 Å². The van der Waals surface area contributed by atoms with E-state index in [1.807, 2.05) is 24.3 Å². The lowest BCUT2D eigenvalue weighted by atomic mass is 10.2. The third-order valence-electron chi connectivity index (χ3n) is 4.45. The topological polar surface area (TPSA) is 36.4 Å². The number of carbonyl (C=O) groups excluding carboxylic acids is 1. The van der Waals surface area contributed by atoms with Crippen LogP contribution in [-0.4, -0.2) is 42.0 Å². The van der Waals surface area contributed by atoms with Gasteiger partial charge in [-0.15, -0.1) is 12.4 Å². The van der Waals surface area contributed by atoms with E-state index in [9.17, 15) is 4.79 Å². The van der Waals surface area contributed by atoms with Gasteiger partial charge in [-0.1, -0.05) is 60.5 Å². The maximum Gasteiger partial charge on any atom is 0.261 e. The maximum absolute atomic E-state index is 13.3. The van der Waals surface area contributed by atoms with Crippen molar-refractivity contribution < 1.29 is 4.79 Å². The van der Waals surface area contributed by atoms with Gasteiger partial charge in [0.2, 0.25) is 0 Å². The first-order valence-electron chi connectivity index (χ1n) is 8.88. The Morgan fingerprint density at radius 2 is 1.79 bits per heavy atom. The van der Waals surface area contributed by atoms with Crippen molar-refractivity contribution in [2.45, 2.75) is 13.8 Å². The summed E-state index contributed by atoms with van der Waals surface area (Å²) in [5.41, 5.74) is 1.28. The zero-order chi connectivity index (χ0) is 19.4. The van der Waals surface area contributed by atoms with Gasteiger partial charge in [-0.2, -0.15) is 0 Å². The van der Waals surface area contributed by atoms with Gasteiger partial charge in [-0.3, -0.25) is 9.69 Å². The fourth-order valence-electron chi connectivity index (χ4n) is 2.85. The van der Waals surface area contributed by atoms with Crippen molar-refractivity contribution >= 4 is 68.2 Å². The molecule has 2 aromatic carbocycles. The van der Waals surface area contributed by atoms with Crippen LogP contribution < -0.4 is 4.90 Å². The van der Waals surface area contributed by atoms with Gasteiger partial charge in [0.1, 0.15) is 0 Å². The van der Waals surface area contributed by atoms with Crippen molar-refractivity contribution in [2.24, 2.45) is 0 Å². The second-order valence-electron chi connectivity index (χ2n) is 6.07. The van der Waals surface area contributed by atoms with Crippen LogP contribution in [0.4, 0.5) is 5.13 Å². The number of rotatable bonds is 7. The molecule has 3 aromatic rings. The number of hydrogen-bond donors (Lipinski definition) is 0. The highest BCUT2D eigenvalue weighted by Gasteiger charge is 2.24. The molecule has 1 aromatic heterocycles. The van der Waals surface area contributed by atoms with Gasteiger partial charge in [0.05, 0.1) is 20.8 Å². The molecule has 3 rings (SSSR count). The van der Waals surface area contributed by atoms with E-state index >= 15 is 0 Å². The Hall–Kier alpha value is -1.37. The van der Waals surface area contributed by atoms with Gasteiger partial charge in [0, 0.05) is 18.1 Å². The number of carbonyl (C=O) groups is 1. The predicted octanol–water partition coefficient (Wildman–Crippen LogP) is 6.01. The Bertz CT molecular complexity index is 910. The summed E-state index contributed by atoms with van der Waals surface area (Å²) in [6.07, 6.45) is 0. The molecule has 0 fully saturated rings. The fourth-order valence-corrected chi connectivity index (χ4v) is 4.21. The number of anilines is 1. The molecule has 0 radical (unpaired) electrons. The zero-order valence-electron chi connectivity index (χ0n) is 15.7. The summed E-state index contributed by atoms with van der Waals surface area (Å²) in [4.78, 5) is 22.0. The van der Waals surface area contributed by atoms with Crippen LogP contribution in [-0.2, 0) is 0 Å². The van der Waals surface area contributed by atoms with Gasteiger partial charge in [0.25, 0.3) is 5.91 Å². The number of aromatic nitrogens is 1. The lowest BCUT2D eigenvalue weighted by molar-refractivity contribution is 0.0984. The molecule has 0 atom stereocenters. The van der Waals surface area contributed by atoms with Gasteiger partial charge in [-0.05, 0) is 43.4 Å². The standard InChI is InChI=1S/C20H21Cl2N3OS.ClH/c1-3-24(4-2)11-12-25(19(26)15-13-14(21)9-10-16(15)22)20-23-17-7-5-6-8-18(17)27-20;/h5-10,13H,3-4,11-12H2,1-2H3;1H. The van der Waals surface area contributed by atoms with Gasteiger partial charge in [0.15, 0.2) is 5.13 Å². The molecule has 150 valence electrons. The Kier molecular flexibility index (Phi) is 8.53. The molecule has 28 heavy (non-hydrogen) atoms. The molecule has 0 aliphatic heterocycles. The molecular weight excluding hydrogens is 437 g/mol. The summed E-state index contributed by atoms with van der Waals surface area (Å²) >= 11 is 13.9. The van der Waals surface area contributed by atoms with Crippen molar-refractivity contribution in [3.05, 3.63) is 58.1 Å². The fraction of sp³-hybridized carbons (Fsp3) is 0.300. The summed E-state index contributed by atoms with van der Waals surface area (Å²) in [6, 6.07) is 12.8. The largest absolute Gasteiger partial charge is 0.302 e. The minimum absolute atomic E-state index is 0. The van der Waals surface area contributed by atoms with E-state index in [-0.39, 0.29) is 18.3 Å². The molecule has 1 amide bonds. The molecule has 8 heteroatoms. The molecule has 0 bridgehead atoms. The van der Waals surface area contributed by atoms with Crippen LogP contribution in [0, 0.1) is 0 Å². The summed E-state index contributed by atoms with van der Waals surface area (Å²) in [5.74, 6) is -0.186. The Labute approximate surface area is 185 Å². The highest BCUT2D eigenvalue weighted by molar-refractivity contribution is 7.22. The Morgan fingerprint density at radius 3 is 2.46 bits per heavy atom. The summed E-state index contributed by atoms with van der Waals surface area (Å²) in [7, 11) is 0. The number of benzene rings is 2. The molecule has 0 saturated carbocycles. The molecule has 1 heterocycles. The highest BCUT2D eigenvalue weighted by atomic mass is 35.5. The lowest BCUT2D eigenvalue weighted by Gasteiger charge is -2.25. The van der Waals surface area contributed by atoms with E-state index in [0.29, 0.717) is 27.3 Å². The number of hydrogen-bond acceptors (Lipinski definition) is 4. The van der Waals surface area contributed by atoms with Gasteiger partial charge in [-0.25, -0.2) is 4.98 Å². The van der Waals surface area contributed by atoms with Crippen LogP contribution in [0.25, 0.3) is 10.2 Å². The first-order valence-corrected chi connectivity index (χ1v) is 10.5. The monoisotopic (exact) mass is 457 g/mol. The molecule has 0 aliphatic carbocycles. The van der Waals surface area contributed by atoms with Crippen LogP contribution in [0.1, 0.15) is 24.2 Å². The smallest absolute Gasteiger partial charge is 0.261 e. The number of likely N-dealkylation sites (N-methyl/N-ethyl adjacent to an activating group) is 1. The van der Waals surface area contributed by atoms with Crippen molar-refractivity contribution in [1.29, 1.82) is 0 Å². The quantitative estimate of drug-likeness (QED) is 0.435. The van der Waals surface area contributed by atoms with E-state index in [1.165, 1.54) is 11.3 Å². The van der Waals surface area contributed by atoms with Crippen LogP contribution >= 0.6 is 46.9 Å². The molecule has 0 aliphatic rings. The van der Waals surface area contributed by atoms with Gasteiger partial charge >= 0.3 is 0 Å². The second-order valence-corrected chi connectivity index (χ2v) is 7.92. The van der Waals surface area contributed by atoms with E-state index in [4.69, 9.17) is 23.2 Å². The molecule has 0 saturated heterocycles. The Balaban J connectivity index is 0.00000280. The number of nitrogens with zero attached hydrogens (tertiary/aromatic N) is 3. The summed E-state index contributed by atoms with van der Waals surface area (Å²) in [5, 5.41) is 1.54. The van der Waals surface area contributed by atoms with Crippen molar-refractivity contribution in [3.8, 4) is 0 Å². The number of para-hydroxylation sites is 1. The van der Waals surface area contributed by atoms with Crippen molar-refractivity contribution in [2.75, 3.05) is 31.1 Å². The van der Waals surface area contributed by atoms with E-state index in [1.54, 1.807) is 23.1 Å². The van der Waals surface area contributed by atoms with Crippen molar-refractivity contribution in [1.82, 2.24) is 9.88 Å². The molecule has 4 nitrogen and oxygen atoms in total. The average molecular weight is 459 g/mol. The first kappa shape index (κ1) is 22.9. The first-order chi connectivity index (χ1) is 13.0. The van der Waals surface area contributed by atoms with Crippen LogP contribution in [0.5, 0.6) is 0 Å². The van der Waals surface area contributed by atoms with Crippen LogP contribution in [0.2, 0.25) is 10.0 Å². The summed E-state index contributed by atoms with van der Waals surface area (Å²) < 4.78 is 1.05. The minimum Gasteiger partial charge on any atom is -0.302 e. The van der Waals surface area contributed by atoms with Crippen LogP contribution in [0.3, 0.4) is 0 Å². The summed E-state index contributed by atoms with van der Waals surface area (Å²) in [6.45, 7) is 7.37. The average Bonchev–Trinajstić information content (AvgIpc) is 3.10. The van der Waals surface area contributed by atoms with Gasteiger partial charge < -0.3 is 4.90 Å². The number of halogens is 3. The third kappa shape index (κ3) is 5.16. The third-order valence-corrected chi connectivity index (χ3v) is 6.08. The Morgan fingerprint density at radius 1 is 1.07 bits per heavy atom.